The second-order valence-electron chi connectivity index (χ2n) is 13.5. The number of carbonyl (C=O) groups is 1. The highest BCUT2D eigenvalue weighted by atomic mass is 28.4. The van der Waals surface area contributed by atoms with Crippen molar-refractivity contribution in [1.82, 2.24) is 0 Å². The summed E-state index contributed by atoms with van der Waals surface area (Å²) in [6, 6.07) is 21.0. The molecule has 0 heterocycles. The fraction of sp³-hybridized carbons (Fsp3) is 0.537. The van der Waals surface area contributed by atoms with Crippen LogP contribution in [-0.4, -0.2) is 127 Å². The zero-order valence-electron chi connectivity index (χ0n) is 33.4. The molecule has 11 nitrogen and oxygen atoms in total. The standard InChI is InChI=1S/C41H55F5O11Si/c1-41(2,3)58(32-10-6-4-7-11-32,33-12-8-5-9-13-33)56-31-30-55-29-28-54-27-26-53-25-24-52-23-22-51-21-20-50-19-18-49-17-16-48-15-14-34(47)57-40-38(45)36(43)35(42)37(44)39(40)46/h4-13H,14-31H2,1-3H3. The Hall–Kier alpha value is -3.36. The van der Waals surface area contributed by atoms with Gasteiger partial charge in [-0.05, 0) is 15.4 Å². The van der Waals surface area contributed by atoms with Crippen LogP contribution in [0.1, 0.15) is 27.2 Å². The van der Waals surface area contributed by atoms with Gasteiger partial charge in [0.05, 0.1) is 119 Å². The number of ether oxygens (including phenoxy) is 9. The summed E-state index contributed by atoms with van der Waals surface area (Å²) in [5, 5.41) is 2.39. The summed E-state index contributed by atoms with van der Waals surface area (Å²) >= 11 is 0. The van der Waals surface area contributed by atoms with E-state index in [1.54, 1.807) is 0 Å². The van der Waals surface area contributed by atoms with E-state index in [0.29, 0.717) is 85.9 Å². The Morgan fingerprint density at radius 2 is 0.741 bits per heavy atom. The Kier molecular flexibility index (Phi) is 23.2. The minimum Gasteiger partial charge on any atom is -0.420 e. The van der Waals surface area contributed by atoms with E-state index in [1.165, 1.54) is 10.4 Å². The number of halogens is 5. The molecule has 0 radical (unpaired) electrons. The van der Waals surface area contributed by atoms with E-state index in [-0.39, 0.29) is 31.5 Å². The van der Waals surface area contributed by atoms with E-state index in [1.807, 2.05) is 12.1 Å². The molecule has 3 aromatic rings. The van der Waals surface area contributed by atoms with Gasteiger partial charge in [-0.25, -0.2) is 13.2 Å². The van der Waals surface area contributed by atoms with Crippen LogP contribution >= 0.6 is 0 Å². The molecule has 0 aliphatic rings. The summed E-state index contributed by atoms with van der Waals surface area (Å²) in [4.78, 5) is 11.7. The van der Waals surface area contributed by atoms with Gasteiger partial charge in [-0.2, -0.15) is 8.78 Å². The first-order valence-electron chi connectivity index (χ1n) is 19.1. The number of esters is 1. The summed E-state index contributed by atoms with van der Waals surface area (Å²) in [7, 11) is -2.57. The van der Waals surface area contributed by atoms with Crippen molar-refractivity contribution in [3.63, 3.8) is 0 Å². The average molecular weight is 847 g/mol. The number of carbonyl (C=O) groups excluding carboxylic acids is 1. The third-order valence-electron chi connectivity index (χ3n) is 8.40. The van der Waals surface area contributed by atoms with Crippen molar-refractivity contribution in [2.75, 3.05) is 112 Å². The van der Waals surface area contributed by atoms with Crippen molar-refractivity contribution >= 4 is 24.7 Å². The molecule has 3 aromatic carbocycles. The van der Waals surface area contributed by atoms with Gasteiger partial charge >= 0.3 is 5.97 Å². The lowest BCUT2D eigenvalue weighted by Gasteiger charge is -2.43. The molecular weight excluding hydrogens is 792 g/mol. The van der Waals surface area contributed by atoms with E-state index >= 15 is 0 Å². The third-order valence-corrected chi connectivity index (χ3v) is 13.4. The predicted molar refractivity (Wildman–Crippen MR) is 207 cm³/mol. The van der Waals surface area contributed by atoms with Crippen LogP contribution in [-0.2, 0) is 47.1 Å². The van der Waals surface area contributed by atoms with Gasteiger partial charge in [0.1, 0.15) is 0 Å². The van der Waals surface area contributed by atoms with Crippen molar-refractivity contribution < 1.29 is 73.8 Å². The highest BCUT2D eigenvalue weighted by Crippen LogP contribution is 2.36. The van der Waals surface area contributed by atoms with Crippen LogP contribution < -0.4 is 15.1 Å². The maximum atomic E-state index is 13.6. The first-order valence-corrected chi connectivity index (χ1v) is 21.0. The zero-order chi connectivity index (χ0) is 42.1. The van der Waals surface area contributed by atoms with E-state index < -0.39 is 55.5 Å². The molecule has 3 rings (SSSR count). The maximum absolute atomic E-state index is 13.6. The second kappa shape index (κ2) is 27.4. The molecule has 0 aliphatic heterocycles. The maximum Gasteiger partial charge on any atom is 0.313 e. The fourth-order valence-electron chi connectivity index (χ4n) is 5.65. The molecule has 0 unspecified atom stereocenters. The molecular formula is C41H55F5O11Si. The number of hydrogen-bond donors (Lipinski definition) is 0. The summed E-state index contributed by atoms with van der Waals surface area (Å²) in [5.74, 6) is -14.1. The molecule has 0 saturated carbocycles. The van der Waals surface area contributed by atoms with Gasteiger partial charge in [-0.3, -0.25) is 4.79 Å². The molecule has 0 amide bonds. The molecule has 0 saturated heterocycles. The van der Waals surface area contributed by atoms with Crippen molar-refractivity contribution in [1.29, 1.82) is 0 Å². The van der Waals surface area contributed by atoms with Crippen LogP contribution in [0.3, 0.4) is 0 Å². The molecule has 0 fully saturated rings. The fourth-order valence-corrected chi connectivity index (χ4v) is 10.2. The second-order valence-corrected chi connectivity index (χ2v) is 17.8. The Morgan fingerprint density at radius 1 is 0.448 bits per heavy atom. The minimum absolute atomic E-state index is 0.0796. The quantitative estimate of drug-likeness (QED) is 0.0158. The van der Waals surface area contributed by atoms with E-state index in [0.717, 1.165) is 0 Å². The van der Waals surface area contributed by atoms with Crippen molar-refractivity contribution in [3.05, 3.63) is 89.7 Å². The molecule has 58 heavy (non-hydrogen) atoms. The van der Waals surface area contributed by atoms with E-state index in [2.05, 4.69) is 74.0 Å². The largest absolute Gasteiger partial charge is 0.420 e. The first-order chi connectivity index (χ1) is 28.0. The molecule has 0 spiro atoms. The normalized spacial score (nSPS) is 12.0. The van der Waals surface area contributed by atoms with Crippen molar-refractivity contribution in [2.24, 2.45) is 0 Å². The summed E-state index contributed by atoms with van der Waals surface area (Å²) < 4.78 is 121. The highest BCUT2D eigenvalue weighted by Gasteiger charge is 2.50. The van der Waals surface area contributed by atoms with Gasteiger partial charge < -0.3 is 47.1 Å². The van der Waals surface area contributed by atoms with Gasteiger partial charge in [0, 0.05) is 0 Å². The van der Waals surface area contributed by atoms with Crippen LogP contribution in [0.25, 0.3) is 0 Å². The van der Waals surface area contributed by atoms with Gasteiger partial charge in [0.2, 0.25) is 34.8 Å². The Labute approximate surface area is 338 Å². The van der Waals surface area contributed by atoms with Crippen LogP contribution in [0.5, 0.6) is 5.75 Å². The topological polar surface area (TPSA) is 109 Å². The average Bonchev–Trinajstić information content (AvgIpc) is 3.22. The highest BCUT2D eigenvalue weighted by molar-refractivity contribution is 6.99. The molecule has 17 heteroatoms. The van der Waals surface area contributed by atoms with Crippen molar-refractivity contribution in [2.45, 2.75) is 32.2 Å². The molecule has 0 atom stereocenters. The lowest BCUT2D eigenvalue weighted by Crippen LogP contribution is -2.66. The Morgan fingerprint density at radius 3 is 1.07 bits per heavy atom. The summed E-state index contributed by atoms with van der Waals surface area (Å²) in [6.45, 7) is 12.5. The zero-order valence-corrected chi connectivity index (χ0v) is 34.4. The Balaban J connectivity index is 1.06. The van der Waals surface area contributed by atoms with Crippen LogP contribution in [0.4, 0.5) is 22.0 Å². The number of rotatable bonds is 31. The monoisotopic (exact) mass is 846 g/mol. The summed E-state index contributed by atoms with van der Waals surface area (Å²) in [6.07, 6.45) is -0.488. The number of hydrogen-bond acceptors (Lipinski definition) is 11. The van der Waals surface area contributed by atoms with Gasteiger partial charge in [-0.1, -0.05) is 81.4 Å². The minimum atomic E-state index is -2.57. The lowest BCUT2D eigenvalue weighted by molar-refractivity contribution is -0.136. The van der Waals surface area contributed by atoms with Gasteiger partial charge in [0.15, 0.2) is 0 Å². The van der Waals surface area contributed by atoms with Crippen molar-refractivity contribution in [3.8, 4) is 5.75 Å². The molecule has 324 valence electrons. The predicted octanol–water partition coefficient (Wildman–Crippen LogP) is 5.39. The van der Waals surface area contributed by atoms with Crippen LogP contribution in [0.2, 0.25) is 5.04 Å². The van der Waals surface area contributed by atoms with Gasteiger partial charge in [-0.15, -0.1) is 0 Å². The van der Waals surface area contributed by atoms with E-state index in [4.69, 9.17) is 42.3 Å². The first kappa shape index (κ1) is 49.0. The molecule has 0 aromatic heterocycles. The van der Waals surface area contributed by atoms with Crippen LogP contribution in [0.15, 0.2) is 60.7 Å². The molecule has 0 aliphatic carbocycles. The molecule has 0 N–H and O–H groups in total. The van der Waals surface area contributed by atoms with E-state index in [9.17, 15) is 26.7 Å². The summed E-state index contributed by atoms with van der Waals surface area (Å²) in [5.41, 5.74) is 0. The smallest absolute Gasteiger partial charge is 0.313 e. The third kappa shape index (κ3) is 16.4. The SMILES string of the molecule is CC(C)(C)[Si](OCCOCCOCCOCCOCCOCCOCCOCCOCCC(=O)Oc1c(F)c(F)c(F)c(F)c1F)(c1ccccc1)c1ccccc1. The Bertz CT molecular complexity index is 1520. The number of benzene rings is 3. The molecule has 0 bridgehead atoms. The lowest BCUT2D eigenvalue weighted by atomic mass is 10.2. The van der Waals surface area contributed by atoms with Gasteiger partial charge in [0.25, 0.3) is 8.32 Å². The van der Waals surface area contributed by atoms with Crippen LogP contribution in [0, 0.1) is 29.1 Å².